The summed E-state index contributed by atoms with van der Waals surface area (Å²) >= 11 is 3.29. The molecular weight excluding hydrogens is 324 g/mol. The van der Waals surface area contributed by atoms with Gasteiger partial charge in [-0.25, -0.2) is 9.67 Å². The minimum atomic E-state index is -0.205. The maximum Gasteiger partial charge on any atom is 0.265 e. The van der Waals surface area contributed by atoms with Crippen molar-refractivity contribution in [3.63, 3.8) is 0 Å². The number of aryl methyl sites for hydroxylation is 2. The summed E-state index contributed by atoms with van der Waals surface area (Å²) in [4.78, 5) is 19.4. The van der Waals surface area contributed by atoms with Gasteiger partial charge in [-0.3, -0.25) is 4.79 Å². The molecule has 0 radical (unpaired) electrons. The van der Waals surface area contributed by atoms with Gasteiger partial charge < -0.3 is 9.72 Å². The second kappa shape index (κ2) is 5.40. The lowest BCUT2D eigenvalue weighted by molar-refractivity contribution is 0.374. The van der Waals surface area contributed by atoms with Crippen LogP contribution in [0.15, 0.2) is 9.27 Å². The van der Waals surface area contributed by atoms with Gasteiger partial charge in [-0.05, 0) is 28.8 Å². The Morgan fingerprint density at radius 1 is 1.40 bits per heavy atom. The van der Waals surface area contributed by atoms with Crippen LogP contribution in [0.1, 0.15) is 31.2 Å². The van der Waals surface area contributed by atoms with E-state index in [0.29, 0.717) is 27.4 Å². The van der Waals surface area contributed by atoms with Crippen LogP contribution < -0.4 is 10.3 Å². The lowest BCUT2D eigenvalue weighted by atomic mass is 10.1. The Balaban J connectivity index is 2.74. The van der Waals surface area contributed by atoms with Crippen molar-refractivity contribution in [3.05, 3.63) is 26.2 Å². The zero-order chi connectivity index (χ0) is 15.0. The van der Waals surface area contributed by atoms with E-state index in [1.165, 1.54) is 0 Å². The monoisotopic (exact) mass is 340 g/mol. The van der Waals surface area contributed by atoms with Gasteiger partial charge in [0.2, 0.25) is 5.88 Å². The van der Waals surface area contributed by atoms with Crippen molar-refractivity contribution in [1.29, 1.82) is 0 Å². The number of nitrogens with one attached hydrogen (secondary N) is 1. The summed E-state index contributed by atoms with van der Waals surface area (Å²) in [5, 5.41) is 4.30. The molecular formula is C13H17BrN4O2. The van der Waals surface area contributed by atoms with Crippen LogP contribution in [0.4, 0.5) is 0 Å². The van der Waals surface area contributed by atoms with Crippen molar-refractivity contribution in [3.8, 4) is 17.3 Å². The molecule has 0 aromatic carbocycles. The standard InChI is InChI=1S/C13H17BrN4O2/c1-6(2)10-9(14)12(19)16-11(15-10)8-7(3)17-18(4)13(8)20-5/h6H,1-5H3,(H,15,16,19). The van der Waals surface area contributed by atoms with Crippen molar-refractivity contribution >= 4 is 15.9 Å². The minimum Gasteiger partial charge on any atom is -0.481 e. The molecule has 0 atom stereocenters. The van der Waals surface area contributed by atoms with Crippen molar-refractivity contribution in [2.24, 2.45) is 7.05 Å². The van der Waals surface area contributed by atoms with Crippen LogP contribution in [0.5, 0.6) is 5.88 Å². The van der Waals surface area contributed by atoms with Crippen LogP contribution in [0, 0.1) is 6.92 Å². The summed E-state index contributed by atoms with van der Waals surface area (Å²) in [5.41, 5.74) is 1.98. The molecule has 0 aliphatic rings. The average molecular weight is 341 g/mol. The normalized spacial score (nSPS) is 11.2. The number of nitrogens with zero attached hydrogens (tertiary/aromatic N) is 3. The zero-order valence-corrected chi connectivity index (χ0v) is 13.7. The molecule has 1 N–H and O–H groups in total. The van der Waals surface area contributed by atoms with Crippen molar-refractivity contribution < 1.29 is 4.74 Å². The van der Waals surface area contributed by atoms with Crippen LogP contribution in [-0.2, 0) is 7.05 Å². The van der Waals surface area contributed by atoms with Crippen LogP contribution >= 0.6 is 15.9 Å². The third kappa shape index (κ3) is 2.37. The summed E-state index contributed by atoms with van der Waals surface area (Å²) in [6, 6.07) is 0. The summed E-state index contributed by atoms with van der Waals surface area (Å²) in [5.74, 6) is 1.18. The number of aromatic nitrogens is 4. The molecule has 20 heavy (non-hydrogen) atoms. The van der Waals surface area contributed by atoms with E-state index in [4.69, 9.17) is 4.74 Å². The van der Waals surface area contributed by atoms with Gasteiger partial charge in [0.1, 0.15) is 15.9 Å². The quantitative estimate of drug-likeness (QED) is 0.930. The Kier molecular flexibility index (Phi) is 3.99. The molecule has 0 saturated heterocycles. The van der Waals surface area contributed by atoms with Gasteiger partial charge >= 0.3 is 0 Å². The lowest BCUT2D eigenvalue weighted by Crippen LogP contribution is -2.14. The number of H-pyrrole nitrogens is 1. The molecule has 0 saturated carbocycles. The number of methoxy groups -OCH3 is 1. The van der Waals surface area contributed by atoms with Gasteiger partial charge in [0.05, 0.1) is 18.5 Å². The highest BCUT2D eigenvalue weighted by Gasteiger charge is 2.21. The van der Waals surface area contributed by atoms with E-state index < -0.39 is 0 Å². The maximum atomic E-state index is 12.0. The fraction of sp³-hybridized carbons (Fsp3) is 0.462. The molecule has 2 rings (SSSR count). The van der Waals surface area contributed by atoms with Gasteiger partial charge in [-0.15, -0.1) is 0 Å². The van der Waals surface area contributed by atoms with Crippen molar-refractivity contribution in [2.45, 2.75) is 26.7 Å². The fourth-order valence-corrected chi connectivity index (χ4v) is 2.77. The molecule has 0 amide bonds. The van der Waals surface area contributed by atoms with Gasteiger partial charge in [0.15, 0.2) is 0 Å². The van der Waals surface area contributed by atoms with E-state index in [1.54, 1.807) is 18.8 Å². The zero-order valence-electron chi connectivity index (χ0n) is 12.1. The van der Waals surface area contributed by atoms with Crippen LogP contribution in [0.25, 0.3) is 11.4 Å². The summed E-state index contributed by atoms with van der Waals surface area (Å²) in [7, 11) is 3.36. The van der Waals surface area contributed by atoms with Gasteiger partial charge in [-0.2, -0.15) is 5.10 Å². The van der Waals surface area contributed by atoms with Crippen LogP contribution in [0.3, 0.4) is 0 Å². The highest BCUT2D eigenvalue weighted by atomic mass is 79.9. The Morgan fingerprint density at radius 2 is 2.05 bits per heavy atom. The number of halogens is 1. The van der Waals surface area contributed by atoms with E-state index in [9.17, 15) is 4.79 Å². The Labute approximate surface area is 125 Å². The fourth-order valence-electron chi connectivity index (χ4n) is 2.12. The molecule has 2 aromatic rings. The number of rotatable bonds is 3. The molecule has 6 nitrogen and oxygen atoms in total. The Hall–Kier alpha value is -1.63. The second-order valence-corrected chi connectivity index (χ2v) is 5.65. The maximum absolute atomic E-state index is 12.0. The summed E-state index contributed by atoms with van der Waals surface area (Å²) < 4.78 is 7.44. The SMILES string of the molecule is COc1c(-c2nc(C(C)C)c(Br)c(=O)[nH]2)c(C)nn1C. The van der Waals surface area contributed by atoms with E-state index in [2.05, 4.69) is 31.0 Å². The topological polar surface area (TPSA) is 72.8 Å². The van der Waals surface area contributed by atoms with Gasteiger partial charge in [0, 0.05) is 7.05 Å². The summed E-state index contributed by atoms with van der Waals surface area (Å²) in [6.07, 6.45) is 0. The van der Waals surface area contributed by atoms with Gasteiger partial charge in [0.25, 0.3) is 5.56 Å². The predicted octanol–water partition coefficient (Wildman–Crippen LogP) is 2.37. The molecule has 7 heteroatoms. The third-order valence-electron chi connectivity index (χ3n) is 3.04. The molecule has 2 heterocycles. The molecule has 108 valence electrons. The Bertz CT molecular complexity index is 703. The first-order valence-corrected chi connectivity index (χ1v) is 7.03. The smallest absolute Gasteiger partial charge is 0.265 e. The average Bonchev–Trinajstić information content (AvgIpc) is 2.66. The number of aromatic amines is 1. The van der Waals surface area contributed by atoms with Crippen molar-refractivity contribution in [1.82, 2.24) is 19.7 Å². The molecule has 0 spiro atoms. The number of hydrogen-bond donors (Lipinski definition) is 1. The first-order valence-electron chi connectivity index (χ1n) is 6.24. The van der Waals surface area contributed by atoms with E-state index in [-0.39, 0.29) is 11.5 Å². The summed E-state index contributed by atoms with van der Waals surface area (Å²) in [6.45, 7) is 5.84. The first-order chi connectivity index (χ1) is 9.36. The predicted molar refractivity (Wildman–Crippen MR) is 80.1 cm³/mol. The second-order valence-electron chi connectivity index (χ2n) is 4.86. The highest BCUT2D eigenvalue weighted by molar-refractivity contribution is 9.10. The van der Waals surface area contributed by atoms with Crippen LogP contribution in [-0.4, -0.2) is 26.9 Å². The highest BCUT2D eigenvalue weighted by Crippen LogP contribution is 2.31. The number of hydrogen-bond acceptors (Lipinski definition) is 4. The third-order valence-corrected chi connectivity index (χ3v) is 3.80. The lowest BCUT2D eigenvalue weighted by Gasteiger charge is -2.10. The minimum absolute atomic E-state index is 0.133. The molecule has 0 unspecified atom stereocenters. The largest absolute Gasteiger partial charge is 0.481 e. The molecule has 0 fully saturated rings. The molecule has 0 aliphatic heterocycles. The van der Waals surface area contributed by atoms with Gasteiger partial charge in [-0.1, -0.05) is 13.8 Å². The van der Waals surface area contributed by atoms with E-state index >= 15 is 0 Å². The molecule has 2 aromatic heterocycles. The number of ether oxygens (including phenoxy) is 1. The molecule has 0 bridgehead atoms. The van der Waals surface area contributed by atoms with Crippen molar-refractivity contribution in [2.75, 3.05) is 7.11 Å². The molecule has 0 aliphatic carbocycles. The van der Waals surface area contributed by atoms with Crippen LogP contribution in [0.2, 0.25) is 0 Å². The van der Waals surface area contributed by atoms with E-state index in [1.807, 2.05) is 20.8 Å². The van der Waals surface area contributed by atoms with E-state index in [0.717, 1.165) is 5.69 Å². The Morgan fingerprint density at radius 3 is 2.60 bits per heavy atom. The first kappa shape index (κ1) is 14.8.